The van der Waals surface area contributed by atoms with Crippen LogP contribution in [0.5, 0.6) is 5.75 Å². The number of rotatable bonds is 2. The average Bonchev–Trinajstić information content (AvgIpc) is 2.30. The van der Waals surface area contributed by atoms with Crippen LogP contribution in [0, 0.1) is 5.82 Å². The summed E-state index contributed by atoms with van der Waals surface area (Å²) >= 11 is 0. The standard InChI is InChI=1S/C11H15FN2O/c1-15-8-2-3-9(10(12)6-8)11-7-13-4-5-14-11/h2-3,6,11,13-14H,4-5,7H2,1H3/t11-/m1/s1. The predicted octanol–water partition coefficient (Wildman–Crippen LogP) is 1.07. The van der Waals surface area contributed by atoms with Gasteiger partial charge in [-0.3, -0.25) is 0 Å². The lowest BCUT2D eigenvalue weighted by molar-refractivity contribution is 0.401. The van der Waals surface area contributed by atoms with Crippen molar-refractivity contribution in [1.29, 1.82) is 0 Å². The van der Waals surface area contributed by atoms with Crippen LogP contribution < -0.4 is 15.4 Å². The Balaban J connectivity index is 2.19. The molecule has 15 heavy (non-hydrogen) atoms. The lowest BCUT2D eigenvalue weighted by atomic mass is 10.0. The average molecular weight is 210 g/mol. The Hall–Kier alpha value is -1.13. The molecule has 1 aromatic rings. The summed E-state index contributed by atoms with van der Waals surface area (Å²) in [5, 5.41) is 6.50. The van der Waals surface area contributed by atoms with Gasteiger partial charge in [0.25, 0.3) is 0 Å². The first kappa shape index (κ1) is 10.4. The van der Waals surface area contributed by atoms with Gasteiger partial charge in [-0.1, -0.05) is 6.07 Å². The molecule has 1 fully saturated rings. The molecule has 82 valence electrons. The van der Waals surface area contributed by atoms with Crippen LogP contribution >= 0.6 is 0 Å². The van der Waals surface area contributed by atoms with E-state index in [0.29, 0.717) is 11.3 Å². The normalized spacial score (nSPS) is 21.3. The summed E-state index contributed by atoms with van der Waals surface area (Å²) in [7, 11) is 1.54. The number of nitrogens with one attached hydrogen (secondary N) is 2. The molecule has 1 atom stereocenters. The van der Waals surface area contributed by atoms with Crippen molar-refractivity contribution in [3.63, 3.8) is 0 Å². The van der Waals surface area contributed by atoms with Crippen LogP contribution in [0.1, 0.15) is 11.6 Å². The van der Waals surface area contributed by atoms with Crippen LogP contribution in [0.25, 0.3) is 0 Å². The highest BCUT2D eigenvalue weighted by molar-refractivity contribution is 5.31. The second-order valence-corrected chi connectivity index (χ2v) is 3.60. The third kappa shape index (κ3) is 2.27. The maximum Gasteiger partial charge on any atom is 0.131 e. The number of piperazine rings is 1. The molecule has 2 N–H and O–H groups in total. The van der Waals surface area contributed by atoms with Crippen molar-refractivity contribution < 1.29 is 9.13 Å². The van der Waals surface area contributed by atoms with Gasteiger partial charge in [-0.25, -0.2) is 4.39 Å². The van der Waals surface area contributed by atoms with Gasteiger partial charge in [0.2, 0.25) is 0 Å². The lowest BCUT2D eigenvalue weighted by Gasteiger charge is -2.25. The zero-order valence-electron chi connectivity index (χ0n) is 8.72. The SMILES string of the molecule is COc1ccc([C@H]2CNCCN2)c(F)c1. The Morgan fingerprint density at radius 2 is 2.27 bits per heavy atom. The van der Waals surface area contributed by atoms with Crippen molar-refractivity contribution in [1.82, 2.24) is 10.6 Å². The first-order valence-corrected chi connectivity index (χ1v) is 5.09. The van der Waals surface area contributed by atoms with E-state index in [1.807, 2.05) is 0 Å². The molecule has 4 heteroatoms. The molecule has 2 rings (SSSR count). The van der Waals surface area contributed by atoms with E-state index in [4.69, 9.17) is 4.74 Å². The van der Waals surface area contributed by atoms with Crippen LogP contribution in [0.15, 0.2) is 18.2 Å². The van der Waals surface area contributed by atoms with Crippen LogP contribution in [0.4, 0.5) is 4.39 Å². The highest BCUT2D eigenvalue weighted by Crippen LogP contribution is 2.22. The molecule has 1 heterocycles. The maximum absolute atomic E-state index is 13.7. The molecule has 0 spiro atoms. The lowest BCUT2D eigenvalue weighted by Crippen LogP contribution is -2.42. The minimum absolute atomic E-state index is 0.0599. The highest BCUT2D eigenvalue weighted by atomic mass is 19.1. The molecule has 3 nitrogen and oxygen atoms in total. The fourth-order valence-electron chi connectivity index (χ4n) is 1.79. The van der Waals surface area contributed by atoms with Crippen molar-refractivity contribution >= 4 is 0 Å². The fraction of sp³-hybridized carbons (Fsp3) is 0.455. The molecule has 0 saturated carbocycles. The summed E-state index contributed by atoms with van der Waals surface area (Å²) in [4.78, 5) is 0. The number of benzene rings is 1. The molecule has 1 aromatic carbocycles. The second kappa shape index (κ2) is 4.59. The molecule has 0 bridgehead atoms. The van der Waals surface area contributed by atoms with Gasteiger partial charge in [0.15, 0.2) is 0 Å². The molecule has 0 amide bonds. The minimum Gasteiger partial charge on any atom is -0.497 e. The van der Waals surface area contributed by atoms with Gasteiger partial charge in [0, 0.05) is 37.3 Å². The van der Waals surface area contributed by atoms with Gasteiger partial charge in [0.05, 0.1) is 7.11 Å². The summed E-state index contributed by atoms with van der Waals surface area (Å²) in [6.07, 6.45) is 0. The minimum atomic E-state index is -0.212. The molecule has 1 aliphatic rings. The van der Waals surface area contributed by atoms with Gasteiger partial charge in [-0.05, 0) is 6.07 Å². The van der Waals surface area contributed by atoms with Gasteiger partial charge in [-0.2, -0.15) is 0 Å². The topological polar surface area (TPSA) is 33.3 Å². The van der Waals surface area contributed by atoms with Crippen LogP contribution in [0.3, 0.4) is 0 Å². The summed E-state index contributed by atoms with van der Waals surface area (Å²) in [6.45, 7) is 2.58. The summed E-state index contributed by atoms with van der Waals surface area (Å²) in [5.41, 5.74) is 0.697. The number of hydrogen-bond acceptors (Lipinski definition) is 3. The number of methoxy groups -OCH3 is 1. The molecule has 0 radical (unpaired) electrons. The van der Waals surface area contributed by atoms with Crippen molar-refractivity contribution in [2.45, 2.75) is 6.04 Å². The Morgan fingerprint density at radius 1 is 1.40 bits per heavy atom. The van der Waals surface area contributed by atoms with E-state index >= 15 is 0 Å². The van der Waals surface area contributed by atoms with Gasteiger partial charge < -0.3 is 15.4 Å². The molecule has 0 aliphatic carbocycles. The summed E-state index contributed by atoms with van der Waals surface area (Å²) in [5.74, 6) is 0.343. The first-order valence-electron chi connectivity index (χ1n) is 5.09. The van der Waals surface area contributed by atoms with Crippen LogP contribution in [-0.4, -0.2) is 26.7 Å². The maximum atomic E-state index is 13.7. The van der Waals surface area contributed by atoms with E-state index in [9.17, 15) is 4.39 Å². The molecule has 1 saturated heterocycles. The monoisotopic (exact) mass is 210 g/mol. The van der Waals surface area contributed by atoms with E-state index in [0.717, 1.165) is 19.6 Å². The van der Waals surface area contributed by atoms with E-state index in [1.54, 1.807) is 12.1 Å². The van der Waals surface area contributed by atoms with Gasteiger partial charge >= 0.3 is 0 Å². The van der Waals surface area contributed by atoms with Crippen molar-refractivity contribution in [3.8, 4) is 5.75 Å². The van der Waals surface area contributed by atoms with E-state index in [2.05, 4.69) is 10.6 Å². The number of hydrogen-bond donors (Lipinski definition) is 2. The summed E-state index contributed by atoms with van der Waals surface area (Å²) < 4.78 is 18.6. The zero-order valence-corrected chi connectivity index (χ0v) is 8.72. The van der Waals surface area contributed by atoms with Gasteiger partial charge in [0.1, 0.15) is 11.6 Å². The van der Waals surface area contributed by atoms with Crippen molar-refractivity contribution in [2.24, 2.45) is 0 Å². The Labute approximate surface area is 88.6 Å². The molecule has 1 aliphatic heterocycles. The smallest absolute Gasteiger partial charge is 0.131 e. The first-order chi connectivity index (χ1) is 7.31. The molecular weight excluding hydrogens is 195 g/mol. The largest absolute Gasteiger partial charge is 0.497 e. The summed E-state index contributed by atoms with van der Waals surface area (Å²) in [6, 6.07) is 5.05. The molecular formula is C11H15FN2O. The van der Waals surface area contributed by atoms with Crippen molar-refractivity contribution in [2.75, 3.05) is 26.7 Å². The molecule has 0 aromatic heterocycles. The Bertz CT molecular complexity index is 337. The quantitative estimate of drug-likeness (QED) is 0.766. The van der Waals surface area contributed by atoms with Crippen molar-refractivity contribution in [3.05, 3.63) is 29.6 Å². The molecule has 0 unspecified atom stereocenters. The van der Waals surface area contributed by atoms with Crippen LogP contribution in [0.2, 0.25) is 0 Å². The van der Waals surface area contributed by atoms with E-state index in [1.165, 1.54) is 13.2 Å². The van der Waals surface area contributed by atoms with E-state index in [-0.39, 0.29) is 11.9 Å². The van der Waals surface area contributed by atoms with Gasteiger partial charge in [-0.15, -0.1) is 0 Å². The third-order valence-electron chi connectivity index (χ3n) is 2.62. The zero-order chi connectivity index (χ0) is 10.7. The van der Waals surface area contributed by atoms with E-state index < -0.39 is 0 Å². The highest BCUT2D eigenvalue weighted by Gasteiger charge is 2.17. The third-order valence-corrected chi connectivity index (χ3v) is 2.62. The number of halogens is 1. The predicted molar refractivity (Wildman–Crippen MR) is 56.6 cm³/mol. The second-order valence-electron chi connectivity index (χ2n) is 3.60. The fourth-order valence-corrected chi connectivity index (χ4v) is 1.79. The number of ether oxygens (including phenoxy) is 1. The Kier molecular flexibility index (Phi) is 3.18. The van der Waals surface area contributed by atoms with Crippen LogP contribution in [-0.2, 0) is 0 Å². The Morgan fingerprint density at radius 3 is 2.87 bits per heavy atom.